The molecule has 0 saturated heterocycles. The van der Waals surface area contributed by atoms with Gasteiger partial charge in [-0.15, -0.1) is 0 Å². The molecule has 0 bridgehead atoms. The highest BCUT2D eigenvalue weighted by Crippen LogP contribution is 2.52. The summed E-state index contributed by atoms with van der Waals surface area (Å²) in [4.78, 5) is 10.5. The maximum Gasteiger partial charge on any atom is 0.385 e. The zero-order valence-corrected chi connectivity index (χ0v) is 31.2. The van der Waals surface area contributed by atoms with Crippen molar-refractivity contribution in [2.75, 3.05) is 40.5 Å². The minimum Gasteiger partial charge on any atom is -0.388 e. The van der Waals surface area contributed by atoms with E-state index in [-0.39, 0.29) is 24.1 Å². The molecule has 0 fully saturated rings. The number of aliphatic hydroxyl groups is 3. The van der Waals surface area contributed by atoms with E-state index in [4.69, 9.17) is 19.5 Å². The highest BCUT2D eigenvalue weighted by molar-refractivity contribution is 7.53. The van der Waals surface area contributed by atoms with E-state index in [1.807, 2.05) is 0 Å². The Kier molecular flexibility index (Phi) is 30.1. The molecule has 0 aliphatic heterocycles. The number of hydrogen-bond acceptors (Lipinski definition) is 6. The van der Waals surface area contributed by atoms with Crippen molar-refractivity contribution in [3.8, 4) is 0 Å². The third-order valence-electron chi connectivity index (χ3n) is 8.73. The molecule has 2 unspecified atom stereocenters. The van der Waals surface area contributed by atoms with Crippen LogP contribution in [-0.4, -0.2) is 83.3 Å². The molecule has 9 heteroatoms. The second kappa shape index (κ2) is 30.5. The molecule has 0 radical (unpaired) electrons. The first kappa shape index (κ1) is 45.4. The predicted octanol–water partition coefficient (Wildman–Crippen LogP) is 9.01. The molecule has 0 spiro atoms. The fraction of sp³-hybridized carbons (Fsp3) is 0.892. The van der Waals surface area contributed by atoms with Gasteiger partial charge in [0.25, 0.3) is 0 Å². The summed E-state index contributed by atoms with van der Waals surface area (Å²) >= 11 is 0. The standard InChI is InChI=1S/C37H74NO7P/c1-5-7-8-9-10-11-12-13-14-15-16-17-18-19-20-21-22-23-24-25-26-27-28-29-32-44-33-35(39)34-45-46(42,43)36(6-2)38(3,4)31-30-37(40)41/h12-13,24-25,35-37,39-41H,5-11,14-23,26-34H2,1-4H3/p+1/b13-12-,25-24-/t35-,36?/m1/s1. The number of nitrogens with zero attached hydrogens (tertiary/aromatic N) is 1. The lowest BCUT2D eigenvalue weighted by Gasteiger charge is -2.39. The number of ether oxygens (including phenoxy) is 1. The van der Waals surface area contributed by atoms with Crippen LogP contribution in [0.2, 0.25) is 0 Å². The van der Waals surface area contributed by atoms with Gasteiger partial charge in [0.1, 0.15) is 6.10 Å². The van der Waals surface area contributed by atoms with E-state index in [1.54, 1.807) is 21.0 Å². The highest BCUT2D eigenvalue weighted by atomic mass is 31.2. The maximum absolute atomic E-state index is 12.9. The molecular formula is C37H75NO7P+. The summed E-state index contributed by atoms with van der Waals surface area (Å²) in [7, 11) is -0.512. The summed E-state index contributed by atoms with van der Waals surface area (Å²) in [6.45, 7) is 4.69. The SMILES string of the molecule is CCCCCCC/C=C\CCCCCCCCCC/C=C\CCCCCOC[C@@H](O)COP(=O)(O)C(CC)[N+](C)(C)CCC(O)O. The summed E-state index contributed by atoms with van der Waals surface area (Å²) in [5.41, 5.74) is 0. The van der Waals surface area contributed by atoms with Crippen LogP contribution in [0.1, 0.15) is 155 Å². The van der Waals surface area contributed by atoms with Gasteiger partial charge in [-0.05, 0) is 57.8 Å². The topological polar surface area (TPSA) is 116 Å². The van der Waals surface area contributed by atoms with E-state index >= 15 is 0 Å². The molecule has 0 heterocycles. The number of unbranched alkanes of at least 4 members (excludes halogenated alkanes) is 17. The van der Waals surface area contributed by atoms with Gasteiger partial charge in [-0.25, -0.2) is 0 Å². The zero-order valence-electron chi connectivity index (χ0n) is 30.3. The Bertz CT molecular complexity index is 775. The third kappa shape index (κ3) is 27.4. The molecule has 4 N–H and O–H groups in total. The second-order valence-corrected chi connectivity index (χ2v) is 15.6. The van der Waals surface area contributed by atoms with E-state index < -0.39 is 25.8 Å². The first-order chi connectivity index (χ1) is 22.1. The lowest BCUT2D eigenvalue weighted by Crippen LogP contribution is -2.50. The van der Waals surface area contributed by atoms with Crippen LogP contribution in [0.3, 0.4) is 0 Å². The molecule has 274 valence electrons. The molecule has 0 aromatic carbocycles. The van der Waals surface area contributed by atoms with Crippen LogP contribution in [0.4, 0.5) is 0 Å². The van der Waals surface area contributed by atoms with Crippen molar-refractivity contribution >= 4 is 7.60 Å². The van der Waals surface area contributed by atoms with Crippen molar-refractivity contribution in [1.82, 2.24) is 0 Å². The summed E-state index contributed by atoms with van der Waals surface area (Å²) < 4.78 is 23.8. The Hall–Kier alpha value is -0.570. The molecular weight excluding hydrogens is 601 g/mol. The van der Waals surface area contributed by atoms with Crippen LogP contribution >= 0.6 is 7.60 Å². The summed E-state index contributed by atoms with van der Waals surface area (Å²) in [5, 5.41) is 28.5. The molecule has 0 aromatic heterocycles. The minimum atomic E-state index is -4.04. The number of allylic oxidation sites excluding steroid dienone is 4. The first-order valence-corrected chi connectivity index (χ1v) is 20.4. The Balaban J connectivity index is 3.62. The summed E-state index contributed by atoms with van der Waals surface area (Å²) in [6.07, 6.45) is 33.0. The quantitative estimate of drug-likeness (QED) is 0.0177. The molecule has 0 aromatic rings. The molecule has 0 aliphatic rings. The average molecular weight is 677 g/mol. The predicted molar refractivity (Wildman–Crippen MR) is 193 cm³/mol. The molecule has 46 heavy (non-hydrogen) atoms. The first-order valence-electron chi connectivity index (χ1n) is 18.8. The highest BCUT2D eigenvalue weighted by Gasteiger charge is 2.43. The van der Waals surface area contributed by atoms with Crippen molar-refractivity contribution in [1.29, 1.82) is 0 Å². The van der Waals surface area contributed by atoms with E-state index in [0.29, 0.717) is 19.6 Å². The number of rotatable bonds is 34. The van der Waals surface area contributed by atoms with Crippen LogP contribution < -0.4 is 0 Å². The Labute approximate surface area is 283 Å². The Morgan fingerprint density at radius 3 is 1.52 bits per heavy atom. The van der Waals surface area contributed by atoms with Gasteiger partial charge >= 0.3 is 7.60 Å². The van der Waals surface area contributed by atoms with Gasteiger partial charge in [-0.3, -0.25) is 4.57 Å². The van der Waals surface area contributed by atoms with Crippen LogP contribution in [-0.2, 0) is 13.8 Å². The van der Waals surface area contributed by atoms with Crippen LogP contribution in [0, 0.1) is 0 Å². The molecule has 3 atom stereocenters. The van der Waals surface area contributed by atoms with Crippen LogP contribution in [0.25, 0.3) is 0 Å². The molecule has 0 amide bonds. The monoisotopic (exact) mass is 677 g/mol. The largest absolute Gasteiger partial charge is 0.388 e. The summed E-state index contributed by atoms with van der Waals surface area (Å²) in [5.74, 6) is -0.731. The summed E-state index contributed by atoms with van der Waals surface area (Å²) in [6, 6.07) is 0. The number of hydrogen-bond donors (Lipinski definition) is 4. The molecule has 0 aliphatic carbocycles. The van der Waals surface area contributed by atoms with Gasteiger partial charge in [0.15, 0.2) is 12.1 Å². The van der Waals surface area contributed by atoms with Gasteiger partial charge in [0.05, 0.1) is 33.9 Å². The minimum absolute atomic E-state index is 0.0581. The van der Waals surface area contributed by atoms with E-state index in [0.717, 1.165) is 25.7 Å². The molecule has 8 nitrogen and oxygen atoms in total. The molecule has 0 rings (SSSR count). The fourth-order valence-corrected chi connectivity index (χ4v) is 7.75. The van der Waals surface area contributed by atoms with Crippen molar-refractivity contribution in [3.63, 3.8) is 0 Å². The van der Waals surface area contributed by atoms with Crippen LogP contribution in [0.5, 0.6) is 0 Å². The molecule has 0 saturated carbocycles. The van der Waals surface area contributed by atoms with E-state index in [9.17, 15) is 14.6 Å². The van der Waals surface area contributed by atoms with Crippen molar-refractivity contribution in [2.24, 2.45) is 0 Å². The van der Waals surface area contributed by atoms with E-state index in [2.05, 4.69) is 31.2 Å². The van der Waals surface area contributed by atoms with Crippen molar-refractivity contribution in [2.45, 2.75) is 173 Å². The second-order valence-electron chi connectivity index (χ2n) is 13.6. The fourth-order valence-electron chi connectivity index (χ4n) is 5.83. The zero-order chi connectivity index (χ0) is 34.4. The Morgan fingerprint density at radius 2 is 1.09 bits per heavy atom. The van der Waals surface area contributed by atoms with Gasteiger partial charge in [0.2, 0.25) is 0 Å². The lowest BCUT2D eigenvalue weighted by molar-refractivity contribution is -0.903. The normalized spacial score (nSPS) is 15.3. The Morgan fingerprint density at radius 1 is 0.652 bits per heavy atom. The average Bonchev–Trinajstić information content (AvgIpc) is 3.01. The van der Waals surface area contributed by atoms with Crippen molar-refractivity contribution in [3.05, 3.63) is 24.3 Å². The number of aliphatic hydroxyl groups excluding tert-OH is 2. The van der Waals surface area contributed by atoms with Gasteiger partial charge < -0.3 is 34.0 Å². The van der Waals surface area contributed by atoms with Gasteiger partial charge in [0, 0.05) is 19.4 Å². The van der Waals surface area contributed by atoms with E-state index in [1.165, 1.54) is 103 Å². The van der Waals surface area contributed by atoms with Gasteiger partial charge in [-0.1, -0.05) is 109 Å². The smallest absolute Gasteiger partial charge is 0.385 e. The lowest BCUT2D eigenvalue weighted by atomic mass is 10.1. The third-order valence-corrected chi connectivity index (χ3v) is 11.0. The van der Waals surface area contributed by atoms with Crippen molar-refractivity contribution < 1.29 is 38.5 Å². The van der Waals surface area contributed by atoms with Crippen LogP contribution in [0.15, 0.2) is 24.3 Å². The number of quaternary nitrogens is 1. The van der Waals surface area contributed by atoms with Gasteiger partial charge in [-0.2, -0.15) is 0 Å². The maximum atomic E-state index is 12.9.